The number of alkyl halides is 1. The summed E-state index contributed by atoms with van der Waals surface area (Å²) in [6.07, 6.45) is 2.09. The van der Waals surface area contributed by atoms with Gasteiger partial charge in [0.1, 0.15) is 11.6 Å². The molecule has 0 aliphatic carbocycles. The third-order valence-corrected chi connectivity index (χ3v) is 3.59. The molecular formula is C13H16BrFO2. The number of rotatable bonds is 4. The molecule has 0 aromatic heterocycles. The highest BCUT2D eigenvalue weighted by atomic mass is 79.9. The average Bonchev–Trinajstić information content (AvgIpc) is 2.38. The van der Waals surface area contributed by atoms with Gasteiger partial charge in [-0.1, -0.05) is 15.9 Å². The van der Waals surface area contributed by atoms with Crippen LogP contribution in [0.3, 0.4) is 0 Å². The summed E-state index contributed by atoms with van der Waals surface area (Å²) in [6.45, 7) is 2.33. The number of benzene rings is 1. The van der Waals surface area contributed by atoms with Crippen LogP contribution in [0.5, 0.6) is 5.75 Å². The molecule has 0 unspecified atom stereocenters. The maximum Gasteiger partial charge on any atom is 0.123 e. The van der Waals surface area contributed by atoms with E-state index in [2.05, 4.69) is 15.9 Å². The third kappa shape index (κ3) is 3.68. The molecule has 2 rings (SSSR count). The summed E-state index contributed by atoms with van der Waals surface area (Å²) in [4.78, 5) is 0. The predicted octanol–water partition coefficient (Wildman–Crippen LogP) is 3.53. The van der Waals surface area contributed by atoms with Gasteiger partial charge in [0, 0.05) is 24.1 Å². The predicted molar refractivity (Wildman–Crippen MR) is 68.1 cm³/mol. The Morgan fingerprint density at radius 3 is 2.82 bits per heavy atom. The number of hydrogen-bond acceptors (Lipinski definition) is 2. The molecule has 94 valence electrons. The number of halogens is 2. The van der Waals surface area contributed by atoms with Crippen LogP contribution in [0.15, 0.2) is 18.2 Å². The van der Waals surface area contributed by atoms with Crippen LogP contribution < -0.4 is 4.74 Å². The van der Waals surface area contributed by atoms with Crippen LogP contribution in [-0.4, -0.2) is 19.8 Å². The molecule has 1 aliphatic heterocycles. The molecule has 1 saturated heterocycles. The van der Waals surface area contributed by atoms with Crippen molar-refractivity contribution in [1.29, 1.82) is 0 Å². The second kappa shape index (κ2) is 6.36. The van der Waals surface area contributed by atoms with Gasteiger partial charge in [-0.2, -0.15) is 0 Å². The highest BCUT2D eigenvalue weighted by Gasteiger charge is 2.15. The number of ether oxygens (including phenoxy) is 2. The summed E-state index contributed by atoms with van der Waals surface area (Å²) in [5.74, 6) is 1.10. The monoisotopic (exact) mass is 302 g/mol. The molecule has 1 fully saturated rings. The molecule has 0 amide bonds. The van der Waals surface area contributed by atoms with Crippen molar-refractivity contribution < 1.29 is 13.9 Å². The summed E-state index contributed by atoms with van der Waals surface area (Å²) in [6, 6.07) is 4.64. The van der Waals surface area contributed by atoms with E-state index < -0.39 is 0 Å². The Hall–Kier alpha value is -0.610. The molecule has 1 heterocycles. The van der Waals surface area contributed by atoms with E-state index >= 15 is 0 Å². The average molecular weight is 303 g/mol. The summed E-state index contributed by atoms with van der Waals surface area (Å²) in [7, 11) is 0. The lowest BCUT2D eigenvalue weighted by Crippen LogP contribution is -2.21. The van der Waals surface area contributed by atoms with Crippen LogP contribution in [0.2, 0.25) is 0 Å². The molecule has 0 N–H and O–H groups in total. The second-order valence-corrected chi connectivity index (χ2v) is 4.81. The van der Waals surface area contributed by atoms with E-state index in [-0.39, 0.29) is 5.82 Å². The van der Waals surface area contributed by atoms with Crippen LogP contribution >= 0.6 is 15.9 Å². The standard InChI is InChI=1S/C13H16BrFO2/c14-8-11-7-12(15)1-2-13(11)17-9-10-3-5-16-6-4-10/h1-2,7,10H,3-6,8-9H2. The zero-order valence-electron chi connectivity index (χ0n) is 9.62. The highest BCUT2D eigenvalue weighted by molar-refractivity contribution is 9.08. The maximum absolute atomic E-state index is 13.0. The molecule has 4 heteroatoms. The first-order valence-corrected chi connectivity index (χ1v) is 6.96. The van der Waals surface area contributed by atoms with Crippen molar-refractivity contribution in [2.75, 3.05) is 19.8 Å². The van der Waals surface area contributed by atoms with Crippen molar-refractivity contribution in [3.63, 3.8) is 0 Å². The van der Waals surface area contributed by atoms with Crippen LogP contribution in [0, 0.1) is 11.7 Å². The molecule has 0 bridgehead atoms. The fourth-order valence-corrected chi connectivity index (χ4v) is 2.35. The molecule has 2 nitrogen and oxygen atoms in total. The van der Waals surface area contributed by atoms with E-state index in [1.54, 1.807) is 6.07 Å². The van der Waals surface area contributed by atoms with Gasteiger partial charge in [0.25, 0.3) is 0 Å². The molecule has 1 aromatic rings. The summed E-state index contributed by atoms with van der Waals surface area (Å²) in [5, 5.41) is 0.605. The van der Waals surface area contributed by atoms with E-state index in [1.165, 1.54) is 12.1 Å². The number of hydrogen-bond donors (Lipinski definition) is 0. The third-order valence-electron chi connectivity index (χ3n) is 2.98. The Labute approximate surface area is 109 Å². The van der Waals surface area contributed by atoms with E-state index in [4.69, 9.17) is 9.47 Å². The summed E-state index contributed by atoms with van der Waals surface area (Å²) < 4.78 is 24.1. The lowest BCUT2D eigenvalue weighted by Gasteiger charge is -2.22. The van der Waals surface area contributed by atoms with Crippen molar-refractivity contribution in [2.45, 2.75) is 18.2 Å². The van der Waals surface area contributed by atoms with Gasteiger partial charge >= 0.3 is 0 Å². The van der Waals surface area contributed by atoms with Gasteiger partial charge < -0.3 is 9.47 Å². The van der Waals surface area contributed by atoms with Gasteiger partial charge in [0.05, 0.1) is 6.61 Å². The van der Waals surface area contributed by atoms with E-state index in [1.807, 2.05) is 0 Å². The first kappa shape index (κ1) is 12.8. The molecule has 17 heavy (non-hydrogen) atoms. The minimum Gasteiger partial charge on any atom is -0.493 e. The summed E-state index contributed by atoms with van der Waals surface area (Å²) >= 11 is 3.34. The van der Waals surface area contributed by atoms with E-state index in [0.717, 1.165) is 37.4 Å². The van der Waals surface area contributed by atoms with E-state index in [0.29, 0.717) is 17.9 Å². The SMILES string of the molecule is Fc1ccc(OCC2CCOCC2)c(CBr)c1. The molecular weight excluding hydrogens is 287 g/mol. The van der Waals surface area contributed by atoms with Gasteiger partial charge in [-0.15, -0.1) is 0 Å². The quantitative estimate of drug-likeness (QED) is 0.792. The lowest BCUT2D eigenvalue weighted by molar-refractivity contribution is 0.0496. The minimum atomic E-state index is -0.224. The van der Waals surface area contributed by atoms with Crippen molar-refractivity contribution in [2.24, 2.45) is 5.92 Å². The molecule has 1 aromatic carbocycles. The second-order valence-electron chi connectivity index (χ2n) is 4.25. The van der Waals surface area contributed by atoms with Gasteiger partial charge in [-0.3, -0.25) is 0 Å². The Balaban J connectivity index is 1.93. The van der Waals surface area contributed by atoms with Crippen molar-refractivity contribution >= 4 is 15.9 Å². The van der Waals surface area contributed by atoms with Gasteiger partial charge in [-0.05, 0) is 37.0 Å². The maximum atomic E-state index is 13.0. The van der Waals surface area contributed by atoms with Gasteiger partial charge in [0.15, 0.2) is 0 Å². The Morgan fingerprint density at radius 2 is 2.12 bits per heavy atom. The normalized spacial score (nSPS) is 17.1. The first-order chi connectivity index (χ1) is 8.29. The zero-order valence-corrected chi connectivity index (χ0v) is 11.2. The molecule has 0 spiro atoms. The topological polar surface area (TPSA) is 18.5 Å². The smallest absolute Gasteiger partial charge is 0.123 e. The van der Waals surface area contributed by atoms with Crippen molar-refractivity contribution in [3.8, 4) is 5.75 Å². The van der Waals surface area contributed by atoms with Crippen molar-refractivity contribution in [1.82, 2.24) is 0 Å². The highest BCUT2D eigenvalue weighted by Crippen LogP contribution is 2.24. The van der Waals surface area contributed by atoms with Crippen LogP contribution in [0.4, 0.5) is 4.39 Å². The first-order valence-electron chi connectivity index (χ1n) is 5.84. The van der Waals surface area contributed by atoms with Gasteiger partial charge in [-0.25, -0.2) is 4.39 Å². The zero-order chi connectivity index (χ0) is 12.1. The molecule has 0 atom stereocenters. The Kier molecular flexibility index (Phi) is 4.80. The van der Waals surface area contributed by atoms with Crippen molar-refractivity contribution in [3.05, 3.63) is 29.6 Å². The molecule has 1 aliphatic rings. The lowest BCUT2D eigenvalue weighted by atomic mass is 10.0. The van der Waals surface area contributed by atoms with Gasteiger partial charge in [0.2, 0.25) is 0 Å². The molecule has 0 radical (unpaired) electrons. The largest absolute Gasteiger partial charge is 0.493 e. The van der Waals surface area contributed by atoms with Crippen LogP contribution in [-0.2, 0) is 10.1 Å². The van der Waals surface area contributed by atoms with Crippen LogP contribution in [0.25, 0.3) is 0 Å². The Bertz CT molecular complexity index is 364. The Morgan fingerprint density at radius 1 is 1.35 bits per heavy atom. The van der Waals surface area contributed by atoms with Crippen LogP contribution in [0.1, 0.15) is 18.4 Å². The summed E-state index contributed by atoms with van der Waals surface area (Å²) in [5.41, 5.74) is 0.858. The fraction of sp³-hybridized carbons (Fsp3) is 0.538. The fourth-order valence-electron chi connectivity index (χ4n) is 1.91. The van der Waals surface area contributed by atoms with E-state index in [9.17, 15) is 4.39 Å². The minimum absolute atomic E-state index is 0.224. The molecule has 0 saturated carbocycles.